The fraction of sp³-hybridized carbons (Fsp3) is 0.250. The zero-order valence-corrected chi connectivity index (χ0v) is 22.7. The van der Waals surface area contributed by atoms with Gasteiger partial charge in [0.1, 0.15) is 0 Å². The number of alkyl halides is 6. The Labute approximate surface area is 235 Å². The number of nitrogens with zero attached hydrogens (tertiary/aromatic N) is 1. The Morgan fingerprint density at radius 3 is 2.29 bits per heavy atom. The van der Waals surface area contributed by atoms with Crippen LogP contribution in [0.4, 0.5) is 31.5 Å². The molecule has 1 N–H and O–H groups in total. The maximum Gasteiger partial charge on any atom is 0.522 e. The lowest BCUT2D eigenvalue weighted by molar-refractivity contribution is -0.341. The van der Waals surface area contributed by atoms with Crippen molar-refractivity contribution in [3.8, 4) is 21.7 Å². The van der Waals surface area contributed by atoms with Gasteiger partial charge in [-0.2, -0.15) is 13.2 Å². The minimum absolute atomic E-state index is 0.0483. The number of anilines is 1. The largest absolute Gasteiger partial charge is 0.522 e. The molecule has 1 fully saturated rings. The molecule has 1 aliphatic rings. The third-order valence-corrected chi connectivity index (χ3v) is 9.20. The predicted molar refractivity (Wildman–Crippen MR) is 143 cm³/mol. The van der Waals surface area contributed by atoms with Crippen molar-refractivity contribution in [1.82, 2.24) is 4.98 Å². The predicted octanol–water partition coefficient (Wildman–Crippen LogP) is 8.47. The second-order valence-corrected chi connectivity index (χ2v) is 12.2. The molecule has 0 radical (unpaired) electrons. The molecule has 5 nitrogen and oxygen atoms in total. The number of rotatable bonds is 7. The molecule has 0 unspecified atom stereocenters. The molecule has 2 atom stereocenters. The van der Waals surface area contributed by atoms with Crippen molar-refractivity contribution in [2.45, 2.75) is 48.7 Å². The monoisotopic (exact) mass is 612 g/mol. The van der Waals surface area contributed by atoms with Crippen LogP contribution in [0.5, 0.6) is 0 Å². The summed E-state index contributed by atoms with van der Waals surface area (Å²) in [6.07, 6.45) is -9.64. The molecule has 0 saturated heterocycles. The molecule has 1 aliphatic carbocycles. The van der Waals surface area contributed by atoms with Gasteiger partial charge in [0.05, 0.1) is 27.1 Å². The molecule has 4 aromatic rings. The van der Waals surface area contributed by atoms with Gasteiger partial charge in [-0.15, -0.1) is 13.2 Å². The van der Waals surface area contributed by atoms with Crippen molar-refractivity contribution in [3.63, 3.8) is 0 Å². The van der Waals surface area contributed by atoms with Crippen molar-refractivity contribution in [1.29, 1.82) is 0 Å². The molecule has 0 bridgehead atoms. The molecule has 1 heterocycles. The van der Waals surface area contributed by atoms with Crippen LogP contribution >= 0.6 is 11.3 Å². The minimum Gasteiger partial charge on any atom is -0.289 e. The van der Waals surface area contributed by atoms with Crippen LogP contribution < -0.4 is 4.72 Å². The molecule has 0 aliphatic heterocycles. The fourth-order valence-electron chi connectivity index (χ4n) is 4.93. The summed E-state index contributed by atoms with van der Waals surface area (Å²) in [6, 6.07) is 19.1. The zero-order chi connectivity index (χ0) is 29.4. The van der Waals surface area contributed by atoms with Crippen molar-refractivity contribution < 1.29 is 39.5 Å². The number of sulfonamides is 1. The quantitative estimate of drug-likeness (QED) is 0.213. The SMILES string of the molecule is O=S(=O)(Nc1nc(-c2ccccc2C(F)(F)F)c(-c2cccc([C@@H]3CC[C@@H](OC(F)(F)F)C3)c2)s1)c1ccccc1. The van der Waals surface area contributed by atoms with Gasteiger partial charge in [-0.3, -0.25) is 9.46 Å². The average Bonchev–Trinajstić information content (AvgIpc) is 3.55. The highest BCUT2D eigenvalue weighted by atomic mass is 32.2. The van der Waals surface area contributed by atoms with E-state index in [9.17, 15) is 34.8 Å². The van der Waals surface area contributed by atoms with Crippen molar-refractivity contribution >= 4 is 26.5 Å². The van der Waals surface area contributed by atoms with E-state index in [4.69, 9.17) is 0 Å². The van der Waals surface area contributed by atoms with Crippen LogP contribution in [-0.2, 0) is 20.9 Å². The topological polar surface area (TPSA) is 68.3 Å². The van der Waals surface area contributed by atoms with Crippen molar-refractivity contribution in [2.75, 3.05) is 4.72 Å². The summed E-state index contributed by atoms with van der Waals surface area (Å²) in [5.41, 5.74) is -0.0945. The van der Waals surface area contributed by atoms with Gasteiger partial charge >= 0.3 is 12.5 Å². The Kier molecular flexibility index (Phi) is 7.88. The molecule has 13 heteroatoms. The standard InChI is InChI=1S/C28H22F6N2O3S2/c29-27(30,31)23-12-5-4-11-22(23)24-25(40-26(35-24)36-41(37,38)21-9-2-1-3-10-21)19-8-6-7-17(15-19)18-13-14-20(16-18)39-28(32,33)34/h1-12,15,18,20H,13-14,16H2,(H,35,36)/t18-,20-/m1/s1. The van der Waals surface area contributed by atoms with Gasteiger partial charge in [-0.25, -0.2) is 13.4 Å². The molecular formula is C28H22F6N2O3S2. The smallest absolute Gasteiger partial charge is 0.289 e. The molecule has 5 rings (SSSR count). The van der Waals surface area contributed by atoms with Gasteiger partial charge in [0.15, 0.2) is 5.13 Å². The summed E-state index contributed by atoms with van der Waals surface area (Å²) in [6.45, 7) is 0. The minimum atomic E-state index is -4.74. The van der Waals surface area contributed by atoms with Gasteiger partial charge < -0.3 is 0 Å². The van der Waals surface area contributed by atoms with Crippen LogP contribution in [0.1, 0.15) is 36.3 Å². The lowest BCUT2D eigenvalue weighted by Gasteiger charge is -2.15. The molecule has 3 aromatic carbocycles. The van der Waals surface area contributed by atoms with Gasteiger partial charge in [-0.05, 0) is 60.6 Å². The molecule has 0 spiro atoms. The highest BCUT2D eigenvalue weighted by Gasteiger charge is 2.38. The normalized spacial score (nSPS) is 18.0. The Balaban J connectivity index is 1.56. The van der Waals surface area contributed by atoms with Crippen LogP contribution in [0.15, 0.2) is 83.8 Å². The van der Waals surface area contributed by atoms with E-state index in [-0.39, 0.29) is 44.9 Å². The van der Waals surface area contributed by atoms with Gasteiger partial charge in [0.2, 0.25) is 0 Å². The third kappa shape index (κ3) is 6.74. The van der Waals surface area contributed by atoms with Gasteiger partial charge in [0.25, 0.3) is 10.0 Å². The molecule has 0 amide bonds. The van der Waals surface area contributed by atoms with E-state index in [1.54, 1.807) is 30.3 Å². The molecule has 1 saturated carbocycles. The van der Waals surface area contributed by atoms with E-state index in [0.29, 0.717) is 17.5 Å². The lowest BCUT2D eigenvalue weighted by atomic mass is 9.94. The highest BCUT2D eigenvalue weighted by Crippen LogP contribution is 2.46. The van der Waals surface area contributed by atoms with E-state index < -0.39 is 34.2 Å². The van der Waals surface area contributed by atoms with Crippen LogP contribution in [0.3, 0.4) is 0 Å². The first kappa shape index (κ1) is 29.1. The van der Waals surface area contributed by atoms with Crippen molar-refractivity contribution in [2.24, 2.45) is 0 Å². The van der Waals surface area contributed by atoms with Crippen LogP contribution in [0, 0.1) is 0 Å². The van der Waals surface area contributed by atoms with E-state index in [1.807, 2.05) is 0 Å². The zero-order valence-electron chi connectivity index (χ0n) is 21.0. The van der Waals surface area contributed by atoms with Crippen molar-refractivity contribution in [3.05, 3.63) is 90.0 Å². The summed E-state index contributed by atoms with van der Waals surface area (Å²) in [5.74, 6) is -0.253. The first-order valence-electron chi connectivity index (χ1n) is 12.4. The number of halogens is 6. The maximum atomic E-state index is 14.0. The first-order chi connectivity index (χ1) is 19.3. The summed E-state index contributed by atoms with van der Waals surface area (Å²) >= 11 is 0.866. The second-order valence-electron chi connectivity index (χ2n) is 9.48. The van der Waals surface area contributed by atoms with Gasteiger partial charge in [-0.1, -0.05) is 65.9 Å². The Morgan fingerprint density at radius 1 is 0.878 bits per heavy atom. The summed E-state index contributed by atoms with van der Waals surface area (Å²) in [7, 11) is -4.09. The summed E-state index contributed by atoms with van der Waals surface area (Å²) < 4.78 is 113. The van der Waals surface area contributed by atoms with E-state index in [1.165, 1.54) is 42.5 Å². The Hall–Kier alpha value is -3.42. The second kappa shape index (κ2) is 11.1. The molecule has 1 aromatic heterocycles. The van der Waals surface area contributed by atoms with E-state index >= 15 is 0 Å². The summed E-state index contributed by atoms with van der Waals surface area (Å²) in [5, 5.41) is -0.138. The summed E-state index contributed by atoms with van der Waals surface area (Å²) in [4.78, 5) is 4.53. The Bertz CT molecular complexity index is 1640. The van der Waals surface area contributed by atoms with Gasteiger partial charge in [0, 0.05) is 5.56 Å². The average molecular weight is 613 g/mol. The number of aromatic nitrogens is 1. The molecular weight excluding hydrogens is 590 g/mol. The number of benzene rings is 3. The van der Waals surface area contributed by atoms with E-state index in [0.717, 1.165) is 17.4 Å². The number of nitrogens with one attached hydrogen (secondary N) is 1. The molecule has 41 heavy (non-hydrogen) atoms. The number of hydrogen-bond donors (Lipinski definition) is 1. The fourth-order valence-corrected chi connectivity index (χ4v) is 7.16. The number of hydrogen-bond acceptors (Lipinski definition) is 5. The Morgan fingerprint density at radius 2 is 1.59 bits per heavy atom. The van der Waals surface area contributed by atoms with E-state index in [2.05, 4.69) is 14.4 Å². The van der Waals surface area contributed by atoms with Crippen LogP contribution in [-0.4, -0.2) is 25.9 Å². The van der Waals surface area contributed by atoms with Crippen LogP contribution in [0.25, 0.3) is 21.7 Å². The molecule has 216 valence electrons. The number of thiazole rings is 1. The lowest BCUT2D eigenvalue weighted by Crippen LogP contribution is -2.21. The first-order valence-corrected chi connectivity index (χ1v) is 14.7. The maximum absolute atomic E-state index is 14.0. The highest BCUT2D eigenvalue weighted by molar-refractivity contribution is 7.93. The third-order valence-electron chi connectivity index (χ3n) is 6.69. The van der Waals surface area contributed by atoms with Crippen LogP contribution in [0.2, 0.25) is 0 Å². The number of ether oxygens (including phenoxy) is 1.